The van der Waals surface area contributed by atoms with Gasteiger partial charge in [0.2, 0.25) is 15.9 Å². The van der Waals surface area contributed by atoms with E-state index in [1.165, 1.54) is 33.8 Å². The van der Waals surface area contributed by atoms with Crippen LogP contribution in [0, 0.1) is 5.82 Å². The first kappa shape index (κ1) is 17.7. The molecule has 0 saturated heterocycles. The summed E-state index contributed by atoms with van der Waals surface area (Å²) in [6.07, 6.45) is 0.598. The number of hydrogen-bond donors (Lipinski definition) is 0. The van der Waals surface area contributed by atoms with Crippen molar-refractivity contribution in [2.24, 2.45) is 0 Å². The van der Waals surface area contributed by atoms with E-state index in [2.05, 4.69) is 10.2 Å². The summed E-state index contributed by atoms with van der Waals surface area (Å²) in [4.78, 5) is 0.715. The molecule has 9 heteroatoms. The van der Waals surface area contributed by atoms with Gasteiger partial charge in [-0.3, -0.25) is 0 Å². The summed E-state index contributed by atoms with van der Waals surface area (Å²) in [5, 5.41) is 9.77. The van der Waals surface area contributed by atoms with Gasteiger partial charge in [0.15, 0.2) is 0 Å². The minimum Gasteiger partial charge on any atom is -0.418 e. The molecule has 0 aliphatic heterocycles. The molecular formula is C16H16FN3O3S2. The number of rotatable bonds is 7. The van der Waals surface area contributed by atoms with Crippen LogP contribution in [0.25, 0.3) is 10.8 Å². The Hall–Kier alpha value is -2.10. The molecule has 0 aliphatic rings. The van der Waals surface area contributed by atoms with Gasteiger partial charge in [-0.25, -0.2) is 12.8 Å². The number of sulfonamides is 1. The molecule has 0 atom stereocenters. The molecule has 0 aliphatic carbocycles. The number of benzene rings is 1. The average Bonchev–Trinajstić information content (AvgIpc) is 3.25. The van der Waals surface area contributed by atoms with Gasteiger partial charge in [0.1, 0.15) is 5.82 Å². The summed E-state index contributed by atoms with van der Waals surface area (Å²) < 4.78 is 45.8. The molecule has 0 N–H and O–H groups in total. The highest BCUT2D eigenvalue weighted by Crippen LogP contribution is 2.24. The van der Waals surface area contributed by atoms with E-state index >= 15 is 0 Å². The number of thiophene rings is 1. The van der Waals surface area contributed by atoms with Crippen molar-refractivity contribution in [1.82, 2.24) is 14.5 Å². The van der Waals surface area contributed by atoms with Crippen LogP contribution in [0.1, 0.15) is 19.2 Å². The topological polar surface area (TPSA) is 76.3 Å². The summed E-state index contributed by atoms with van der Waals surface area (Å²) >= 11 is 1.45. The van der Waals surface area contributed by atoms with Crippen molar-refractivity contribution in [3.63, 3.8) is 0 Å². The van der Waals surface area contributed by atoms with Crippen LogP contribution in [-0.2, 0) is 16.6 Å². The summed E-state index contributed by atoms with van der Waals surface area (Å²) in [7, 11) is -3.86. The zero-order valence-corrected chi connectivity index (χ0v) is 15.1. The van der Waals surface area contributed by atoms with Crippen molar-refractivity contribution >= 4 is 21.4 Å². The van der Waals surface area contributed by atoms with Crippen LogP contribution in [0.2, 0.25) is 0 Å². The zero-order chi connectivity index (χ0) is 17.9. The molecule has 1 aromatic carbocycles. The molecule has 0 bridgehead atoms. The number of aromatic nitrogens is 2. The lowest BCUT2D eigenvalue weighted by molar-refractivity contribution is 0.357. The van der Waals surface area contributed by atoms with Gasteiger partial charge in [0, 0.05) is 6.54 Å². The summed E-state index contributed by atoms with van der Waals surface area (Å²) in [5.41, 5.74) is 0. The molecule has 3 aromatic rings. The van der Waals surface area contributed by atoms with Gasteiger partial charge >= 0.3 is 0 Å². The van der Waals surface area contributed by atoms with Crippen molar-refractivity contribution in [1.29, 1.82) is 0 Å². The molecule has 2 heterocycles. The quantitative estimate of drug-likeness (QED) is 0.626. The lowest BCUT2D eigenvalue weighted by Gasteiger charge is -2.19. The van der Waals surface area contributed by atoms with Crippen molar-refractivity contribution in [3.05, 3.63) is 53.5 Å². The average molecular weight is 381 g/mol. The monoisotopic (exact) mass is 381 g/mol. The first-order chi connectivity index (χ1) is 12.0. The van der Waals surface area contributed by atoms with Gasteiger partial charge in [0.25, 0.3) is 5.89 Å². The highest BCUT2D eigenvalue weighted by Gasteiger charge is 2.26. The Morgan fingerprint density at radius 3 is 2.76 bits per heavy atom. The third-order valence-corrected chi connectivity index (χ3v) is 6.12. The van der Waals surface area contributed by atoms with E-state index in [1.54, 1.807) is 0 Å². The maximum Gasteiger partial charge on any atom is 0.257 e. The number of halogens is 1. The third kappa shape index (κ3) is 3.94. The summed E-state index contributed by atoms with van der Waals surface area (Å²) in [6, 6.07) is 8.65. The second-order valence-corrected chi connectivity index (χ2v) is 8.16. The van der Waals surface area contributed by atoms with Crippen LogP contribution in [0.5, 0.6) is 0 Å². The number of hydrogen-bond acceptors (Lipinski definition) is 6. The Kier molecular flexibility index (Phi) is 5.26. The summed E-state index contributed by atoms with van der Waals surface area (Å²) in [6.45, 7) is 2.06. The minimum atomic E-state index is -3.86. The third-order valence-electron chi connectivity index (χ3n) is 3.42. The molecule has 0 fully saturated rings. The number of nitrogens with zero attached hydrogens (tertiary/aromatic N) is 3. The van der Waals surface area contributed by atoms with Gasteiger partial charge in [-0.05, 0) is 36.1 Å². The zero-order valence-electron chi connectivity index (χ0n) is 13.4. The predicted molar refractivity (Wildman–Crippen MR) is 91.9 cm³/mol. The first-order valence-electron chi connectivity index (χ1n) is 7.62. The van der Waals surface area contributed by atoms with Gasteiger partial charge in [0.05, 0.1) is 16.3 Å². The van der Waals surface area contributed by atoms with Crippen LogP contribution in [0.15, 0.2) is 51.1 Å². The van der Waals surface area contributed by atoms with Crippen LogP contribution in [-0.4, -0.2) is 29.5 Å². The molecule has 132 valence electrons. The molecule has 25 heavy (non-hydrogen) atoms. The Labute approximate surface area is 149 Å². The van der Waals surface area contributed by atoms with Crippen LogP contribution < -0.4 is 0 Å². The van der Waals surface area contributed by atoms with E-state index in [-0.39, 0.29) is 23.9 Å². The van der Waals surface area contributed by atoms with Crippen molar-refractivity contribution < 1.29 is 17.2 Å². The second kappa shape index (κ2) is 7.42. The fourth-order valence-corrected chi connectivity index (χ4v) is 4.44. The van der Waals surface area contributed by atoms with Crippen molar-refractivity contribution in [3.8, 4) is 10.8 Å². The normalized spacial score (nSPS) is 12.0. The Bertz CT molecular complexity index is 939. The molecule has 0 unspecified atom stereocenters. The fraction of sp³-hybridized carbons (Fsp3) is 0.250. The first-order valence-corrected chi connectivity index (χ1v) is 9.94. The molecule has 0 amide bonds. The van der Waals surface area contributed by atoms with E-state index in [9.17, 15) is 12.8 Å². The van der Waals surface area contributed by atoms with E-state index in [0.29, 0.717) is 12.3 Å². The Balaban J connectivity index is 1.86. The van der Waals surface area contributed by atoms with E-state index in [1.807, 2.05) is 24.4 Å². The molecular weight excluding hydrogens is 365 g/mol. The van der Waals surface area contributed by atoms with Crippen LogP contribution in [0.4, 0.5) is 4.39 Å². The van der Waals surface area contributed by atoms with E-state index in [4.69, 9.17) is 4.42 Å². The van der Waals surface area contributed by atoms with Gasteiger partial charge in [-0.2, -0.15) is 4.31 Å². The molecule has 2 aromatic heterocycles. The SMILES string of the molecule is CCCN(Cc1nnc(-c2cccs2)o1)S(=O)(=O)c1cccc(F)c1. The maximum absolute atomic E-state index is 13.4. The van der Waals surface area contributed by atoms with Crippen molar-refractivity contribution in [2.45, 2.75) is 24.8 Å². The van der Waals surface area contributed by atoms with Crippen LogP contribution in [0.3, 0.4) is 0 Å². The molecule has 0 radical (unpaired) electrons. The molecule has 0 saturated carbocycles. The minimum absolute atomic E-state index is 0.0644. The molecule has 6 nitrogen and oxygen atoms in total. The Morgan fingerprint density at radius 2 is 2.08 bits per heavy atom. The molecule has 0 spiro atoms. The smallest absolute Gasteiger partial charge is 0.257 e. The van der Waals surface area contributed by atoms with Gasteiger partial charge in [-0.15, -0.1) is 21.5 Å². The van der Waals surface area contributed by atoms with Crippen molar-refractivity contribution in [2.75, 3.05) is 6.54 Å². The van der Waals surface area contributed by atoms with Gasteiger partial charge < -0.3 is 4.42 Å². The van der Waals surface area contributed by atoms with Crippen LogP contribution >= 0.6 is 11.3 Å². The Morgan fingerprint density at radius 1 is 1.24 bits per heavy atom. The second-order valence-electron chi connectivity index (χ2n) is 5.27. The highest BCUT2D eigenvalue weighted by molar-refractivity contribution is 7.89. The largest absolute Gasteiger partial charge is 0.418 e. The maximum atomic E-state index is 13.4. The van der Waals surface area contributed by atoms with E-state index < -0.39 is 15.8 Å². The standard InChI is InChI=1S/C16H16FN3O3S2/c1-2-8-20(25(21,22)13-6-3-5-12(17)10-13)11-15-18-19-16(23-15)14-7-4-9-24-14/h3-7,9-10H,2,8,11H2,1H3. The fourth-order valence-electron chi connectivity index (χ4n) is 2.28. The summed E-state index contributed by atoms with van der Waals surface area (Å²) in [5.74, 6) is -0.0586. The highest BCUT2D eigenvalue weighted by atomic mass is 32.2. The molecule has 3 rings (SSSR count). The lowest BCUT2D eigenvalue weighted by Crippen LogP contribution is -2.31. The lowest BCUT2D eigenvalue weighted by atomic mass is 10.4. The van der Waals surface area contributed by atoms with Gasteiger partial charge in [-0.1, -0.05) is 19.1 Å². The van der Waals surface area contributed by atoms with E-state index in [0.717, 1.165) is 10.9 Å². The predicted octanol–water partition coefficient (Wildman–Crippen LogP) is 3.54.